The van der Waals surface area contributed by atoms with Crippen molar-refractivity contribution < 1.29 is 9.53 Å². The molecule has 0 fully saturated rings. The molecule has 2 aromatic carbocycles. The molecular formula is C26H24ClN5O2S. The second-order valence-electron chi connectivity index (χ2n) is 7.65. The van der Waals surface area contributed by atoms with Gasteiger partial charge in [-0.05, 0) is 61.2 Å². The second kappa shape index (κ2) is 11.7. The van der Waals surface area contributed by atoms with Gasteiger partial charge in [-0.2, -0.15) is 11.8 Å². The van der Waals surface area contributed by atoms with Crippen LogP contribution < -0.4 is 15.4 Å². The molecule has 0 atom stereocenters. The Kier molecular flexibility index (Phi) is 8.18. The lowest BCUT2D eigenvalue weighted by Crippen LogP contribution is -2.24. The van der Waals surface area contributed by atoms with Gasteiger partial charge >= 0.3 is 0 Å². The number of hydrogen-bond acceptors (Lipinski definition) is 7. The summed E-state index contributed by atoms with van der Waals surface area (Å²) in [5.74, 6) is 2.28. The summed E-state index contributed by atoms with van der Waals surface area (Å²) >= 11 is 7.97. The topological polar surface area (TPSA) is 89.0 Å². The van der Waals surface area contributed by atoms with Crippen LogP contribution in [0.4, 0.5) is 11.5 Å². The predicted octanol–water partition coefficient (Wildman–Crippen LogP) is 6.01. The second-order valence-corrected chi connectivity index (χ2v) is 8.92. The summed E-state index contributed by atoms with van der Waals surface area (Å²) in [6.07, 6.45) is 8.95. The first-order valence-corrected chi connectivity index (χ1v) is 12.6. The number of halogens is 1. The van der Waals surface area contributed by atoms with Crippen LogP contribution in [0, 0.1) is 6.92 Å². The summed E-state index contributed by atoms with van der Waals surface area (Å²) in [7, 11) is 0. The van der Waals surface area contributed by atoms with Gasteiger partial charge in [-0.1, -0.05) is 29.8 Å². The van der Waals surface area contributed by atoms with Crippen LogP contribution in [-0.2, 0) is 4.79 Å². The number of benzene rings is 2. The molecule has 0 aliphatic rings. The molecule has 0 aliphatic carbocycles. The van der Waals surface area contributed by atoms with Crippen molar-refractivity contribution >= 4 is 57.8 Å². The maximum absolute atomic E-state index is 11.6. The molecule has 4 rings (SSSR count). The van der Waals surface area contributed by atoms with Gasteiger partial charge in [0.05, 0.1) is 22.5 Å². The lowest BCUT2D eigenvalue weighted by molar-refractivity contribution is -0.118. The van der Waals surface area contributed by atoms with Gasteiger partial charge in [0.25, 0.3) is 0 Å². The fraction of sp³-hybridized carbons (Fsp3) is 0.154. The number of nitrogens with one attached hydrogen (secondary N) is 2. The number of pyridine rings is 1. The molecule has 7 nitrogen and oxygen atoms in total. The van der Waals surface area contributed by atoms with Crippen LogP contribution in [-0.4, -0.2) is 39.4 Å². The number of nitrogens with zero attached hydrogens (tertiary/aromatic N) is 3. The largest absolute Gasteiger partial charge is 0.454 e. The number of rotatable bonds is 9. The zero-order chi connectivity index (χ0) is 24.6. The van der Waals surface area contributed by atoms with E-state index in [1.165, 1.54) is 18.1 Å². The van der Waals surface area contributed by atoms with E-state index in [4.69, 9.17) is 16.3 Å². The third-order valence-electron chi connectivity index (χ3n) is 4.97. The Morgan fingerprint density at radius 3 is 2.77 bits per heavy atom. The van der Waals surface area contributed by atoms with E-state index in [9.17, 15) is 4.79 Å². The number of aromatic nitrogens is 3. The lowest BCUT2D eigenvalue weighted by Gasteiger charge is -2.12. The van der Waals surface area contributed by atoms with Gasteiger partial charge in [0, 0.05) is 23.3 Å². The highest BCUT2D eigenvalue weighted by Crippen LogP contribution is 2.33. The number of ether oxygens (including phenoxy) is 1. The van der Waals surface area contributed by atoms with Crippen molar-refractivity contribution in [1.82, 2.24) is 20.3 Å². The molecule has 2 aromatic heterocycles. The molecule has 0 spiro atoms. The van der Waals surface area contributed by atoms with E-state index in [1.807, 2.05) is 61.7 Å². The molecule has 0 unspecified atom stereocenters. The van der Waals surface area contributed by atoms with Crippen LogP contribution in [0.15, 0.2) is 67.1 Å². The maximum Gasteiger partial charge on any atom is 0.230 e. The Morgan fingerprint density at radius 1 is 1.11 bits per heavy atom. The fourth-order valence-electron chi connectivity index (χ4n) is 3.27. The average molecular weight is 506 g/mol. The quantitative estimate of drug-likeness (QED) is 0.287. The van der Waals surface area contributed by atoms with Crippen LogP contribution in [0.5, 0.6) is 11.5 Å². The van der Waals surface area contributed by atoms with Crippen molar-refractivity contribution in [3.05, 3.63) is 83.4 Å². The van der Waals surface area contributed by atoms with Crippen molar-refractivity contribution in [2.24, 2.45) is 0 Å². The minimum absolute atomic E-state index is 0.0196. The minimum Gasteiger partial charge on any atom is -0.454 e. The number of anilines is 2. The summed E-state index contributed by atoms with van der Waals surface area (Å²) in [6.45, 7) is 2.39. The van der Waals surface area contributed by atoms with Gasteiger partial charge < -0.3 is 15.4 Å². The highest BCUT2D eigenvalue weighted by Gasteiger charge is 2.09. The van der Waals surface area contributed by atoms with E-state index in [0.29, 0.717) is 34.6 Å². The molecule has 0 saturated carbocycles. The minimum atomic E-state index is 0.0196. The third kappa shape index (κ3) is 6.71. The summed E-state index contributed by atoms with van der Waals surface area (Å²) in [4.78, 5) is 24.6. The average Bonchev–Trinajstić information content (AvgIpc) is 2.85. The maximum atomic E-state index is 11.6. The number of thioether (sulfide) groups is 1. The Morgan fingerprint density at radius 2 is 2.00 bits per heavy atom. The molecule has 1 amide bonds. The molecule has 0 bridgehead atoms. The van der Waals surface area contributed by atoms with Crippen LogP contribution >= 0.6 is 23.4 Å². The number of aryl methyl sites for hydroxylation is 1. The summed E-state index contributed by atoms with van der Waals surface area (Å²) in [5.41, 5.74) is 3.47. The number of amides is 1. The van der Waals surface area contributed by atoms with Crippen LogP contribution in [0.2, 0.25) is 5.02 Å². The smallest absolute Gasteiger partial charge is 0.230 e. The molecule has 178 valence electrons. The summed E-state index contributed by atoms with van der Waals surface area (Å²) in [6, 6.07) is 15.1. The van der Waals surface area contributed by atoms with E-state index in [-0.39, 0.29) is 5.91 Å². The van der Waals surface area contributed by atoms with Gasteiger partial charge in [-0.15, -0.1) is 0 Å². The van der Waals surface area contributed by atoms with Crippen LogP contribution in [0.25, 0.3) is 17.0 Å². The Labute approximate surface area is 213 Å². The standard InChI is InChI=1S/C26H24ClN5O2S/c1-17-5-8-20(14-29-17)34-24-10-7-19(13-22(24)27)32-26-21-12-18(6-9-23(21)30-16-31-26)4-3-11-28-25(33)15-35-2/h3-10,12-14,16H,11,15H2,1-2H3,(H,28,33)(H,30,31,32)/b4-3+. The van der Waals surface area contributed by atoms with Crippen molar-refractivity contribution in [3.63, 3.8) is 0 Å². The van der Waals surface area contributed by atoms with Crippen molar-refractivity contribution in [2.75, 3.05) is 23.9 Å². The van der Waals surface area contributed by atoms with E-state index < -0.39 is 0 Å². The summed E-state index contributed by atoms with van der Waals surface area (Å²) in [5, 5.41) is 7.50. The lowest BCUT2D eigenvalue weighted by atomic mass is 10.1. The van der Waals surface area contributed by atoms with Crippen molar-refractivity contribution in [2.45, 2.75) is 6.92 Å². The van der Waals surface area contributed by atoms with E-state index in [0.717, 1.165) is 27.8 Å². The highest BCUT2D eigenvalue weighted by atomic mass is 35.5. The molecule has 9 heteroatoms. The molecule has 2 heterocycles. The number of fused-ring (bicyclic) bond motifs is 1. The molecule has 4 aromatic rings. The first kappa shape index (κ1) is 24.5. The third-order valence-corrected chi connectivity index (χ3v) is 5.82. The van der Waals surface area contributed by atoms with Crippen LogP contribution in [0.3, 0.4) is 0 Å². The normalized spacial score (nSPS) is 11.1. The predicted molar refractivity (Wildman–Crippen MR) is 144 cm³/mol. The van der Waals surface area contributed by atoms with Gasteiger partial charge in [-0.3, -0.25) is 9.78 Å². The van der Waals surface area contributed by atoms with E-state index >= 15 is 0 Å². The summed E-state index contributed by atoms with van der Waals surface area (Å²) < 4.78 is 5.85. The molecule has 35 heavy (non-hydrogen) atoms. The fourth-order valence-corrected chi connectivity index (χ4v) is 3.85. The van der Waals surface area contributed by atoms with Crippen molar-refractivity contribution in [1.29, 1.82) is 0 Å². The first-order chi connectivity index (χ1) is 17.0. The monoisotopic (exact) mass is 505 g/mol. The zero-order valence-corrected chi connectivity index (χ0v) is 20.9. The van der Waals surface area contributed by atoms with Gasteiger partial charge in [0.2, 0.25) is 5.91 Å². The number of hydrogen-bond donors (Lipinski definition) is 2. The van der Waals surface area contributed by atoms with E-state index in [1.54, 1.807) is 18.3 Å². The molecule has 2 N–H and O–H groups in total. The van der Waals surface area contributed by atoms with Gasteiger partial charge in [-0.25, -0.2) is 9.97 Å². The Balaban J connectivity index is 1.49. The first-order valence-electron chi connectivity index (χ1n) is 10.9. The van der Waals surface area contributed by atoms with Crippen LogP contribution in [0.1, 0.15) is 11.3 Å². The molecule has 0 radical (unpaired) electrons. The Hall–Kier alpha value is -3.62. The molecule has 0 saturated heterocycles. The molecule has 0 aliphatic heterocycles. The van der Waals surface area contributed by atoms with Crippen molar-refractivity contribution in [3.8, 4) is 11.5 Å². The number of carbonyl (C=O) groups excluding carboxylic acids is 1. The SMILES string of the molecule is CSCC(=O)NC/C=C/c1ccc2ncnc(Nc3ccc(Oc4ccc(C)nc4)c(Cl)c3)c2c1. The van der Waals surface area contributed by atoms with Gasteiger partial charge in [0.15, 0.2) is 0 Å². The van der Waals surface area contributed by atoms with Gasteiger partial charge in [0.1, 0.15) is 23.6 Å². The van der Waals surface area contributed by atoms with E-state index in [2.05, 4.69) is 25.6 Å². The highest BCUT2D eigenvalue weighted by molar-refractivity contribution is 7.99. The molecular weight excluding hydrogens is 482 g/mol. The zero-order valence-electron chi connectivity index (χ0n) is 19.3. The Bertz CT molecular complexity index is 1360. The number of carbonyl (C=O) groups is 1.